The molecule has 1 aliphatic carbocycles. The Hall–Kier alpha value is -2.26. The maximum absolute atomic E-state index is 12.0. The van der Waals surface area contributed by atoms with Crippen LogP contribution in [-0.4, -0.2) is 5.91 Å². The average molecular weight is 285 g/mol. The van der Waals surface area contributed by atoms with Crippen LogP contribution in [0.2, 0.25) is 5.02 Å². The molecule has 0 heterocycles. The summed E-state index contributed by atoms with van der Waals surface area (Å²) < 4.78 is 0. The molecule has 0 aromatic heterocycles. The molecule has 3 rings (SSSR count). The van der Waals surface area contributed by atoms with E-state index in [9.17, 15) is 4.79 Å². The molecule has 1 amide bonds. The second-order valence-electron chi connectivity index (χ2n) is 4.54. The van der Waals surface area contributed by atoms with E-state index in [0.717, 1.165) is 17.7 Å². The molecular weight excluding hydrogens is 272 g/mol. The third-order valence-corrected chi connectivity index (χ3v) is 3.59. The van der Waals surface area contributed by atoms with Crippen molar-refractivity contribution in [2.45, 2.75) is 6.42 Å². The number of carbonyl (C=O) groups is 1. The first-order chi connectivity index (χ1) is 9.75. The molecule has 0 radical (unpaired) electrons. The van der Waals surface area contributed by atoms with Gasteiger partial charge in [0, 0.05) is 5.56 Å². The molecule has 0 saturated carbocycles. The third-order valence-electron chi connectivity index (χ3n) is 3.26. The van der Waals surface area contributed by atoms with Crippen LogP contribution < -0.4 is 10.9 Å². The summed E-state index contributed by atoms with van der Waals surface area (Å²) in [4.78, 5) is 12.0. The molecule has 0 saturated heterocycles. The quantitative estimate of drug-likeness (QED) is 0.850. The van der Waals surface area contributed by atoms with Crippen LogP contribution in [0.1, 0.15) is 21.5 Å². The molecule has 1 aliphatic rings. The van der Waals surface area contributed by atoms with Gasteiger partial charge in [-0.15, -0.1) is 0 Å². The van der Waals surface area contributed by atoms with E-state index in [1.54, 1.807) is 24.3 Å². The van der Waals surface area contributed by atoms with E-state index in [0.29, 0.717) is 10.6 Å². The van der Waals surface area contributed by atoms with Crippen molar-refractivity contribution in [1.82, 2.24) is 10.9 Å². The van der Waals surface area contributed by atoms with E-state index in [2.05, 4.69) is 23.0 Å². The monoisotopic (exact) mass is 284 g/mol. The Morgan fingerprint density at radius 2 is 1.80 bits per heavy atom. The second-order valence-corrected chi connectivity index (χ2v) is 4.95. The van der Waals surface area contributed by atoms with Gasteiger partial charge in [-0.1, -0.05) is 54.1 Å². The van der Waals surface area contributed by atoms with Crippen molar-refractivity contribution in [2.24, 2.45) is 0 Å². The van der Waals surface area contributed by atoms with E-state index < -0.39 is 0 Å². The number of allylic oxidation sites excluding steroid dienone is 1. The van der Waals surface area contributed by atoms with Crippen LogP contribution in [0.15, 0.2) is 54.6 Å². The predicted molar refractivity (Wildman–Crippen MR) is 80.2 cm³/mol. The maximum atomic E-state index is 12.0. The minimum atomic E-state index is -0.249. The molecule has 2 aromatic rings. The molecule has 4 heteroatoms. The zero-order chi connectivity index (χ0) is 13.9. The molecule has 0 aliphatic heterocycles. The first-order valence-corrected chi connectivity index (χ1v) is 6.73. The van der Waals surface area contributed by atoms with Crippen LogP contribution in [0.4, 0.5) is 0 Å². The first-order valence-electron chi connectivity index (χ1n) is 6.35. The fourth-order valence-electron chi connectivity index (χ4n) is 2.24. The molecular formula is C16H13ClN2O. The Labute approximate surface area is 122 Å². The molecule has 0 atom stereocenters. The van der Waals surface area contributed by atoms with Gasteiger partial charge in [-0.05, 0) is 24.1 Å². The Kier molecular flexibility index (Phi) is 3.44. The number of benzene rings is 2. The van der Waals surface area contributed by atoms with Crippen molar-refractivity contribution in [2.75, 3.05) is 0 Å². The lowest BCUT2D eigenvalue weighted by molar-refractivity contribution is 0.0942. The number of amides is 1. The summed E-state index contributed by atoms with van der Waals surface area (Å²) in [7, 11) is 0. The Bertz CT molecular complexity index is 694. The van der Waals surface area contributed by atoms with Crippen molar-refractivity contribution in [3.8, 4) is 0 Å². The SMILES string of the molecule is O=C(NNC1=CCc2ccccc21)c1ccccc1Cl. The molecule has 0 unspecified atom stereocenters. The number of hydrogen-bond donors (Lipinski definition) is 2. The summed E-state index contributed by atoms with van der Waals surface area (Å²) in [5, 5.41) is 0.438. The Balaban J connectivity index is 1.70. The van der Waals surface area contributed by atoms with E-state index >= 15 is 0 Å². The standard InChI is InChI=1S/C16H13ClN2O/c17-14-8-4-3-7-13(14)16(20)19-18-15-10-9-11-5-1-2-6-12(11)15/h1-8,10,18H,9H2,(H,19,20). The van der Waals surface area contributed by atoms with Gasteiger partial charge in [0.05, 0.1) is 16.3 Å². The van der Waals surface area contributed by atoms with Crippen LogP contribution in [0.5, 0.6) is 0 Å². The average Bonchev–Trinajstić information content (AvgIpc) is 2.88. The summed E-state index contributed by atoms with van der Waals surface area (Å²) >= 11 is 5.99. The number of carbonyl (C=O) groups excluding carboxylic acids is 1. The Morgan fingerprint density at radius 3 is 2.65 bits per heavy atom. The lowest BCUT2D eigenvalue weighted by Gasteiger charge is -2.11. The number of hydrogen-bond acceptors (Lipinski definition) is 2. The van der Waals surface area contributed by atoms with Crippen molar-refractivity contribution >= 4 is 23.2 Å². The number of hydrazine groups is 1. The molecule has 0 bridgehead atoms. The molecule has 3 nitrogen and oxygen atoms in total. The van der Waals surface area contributed by atoms with Gasteiger partial charge in [0.2, 0.25) is 0 Å². The normalized spacial score (nSPS) is 12.6. The van der Waals surface area contributed by atoms with Gasteiger partial charge in [-0.3, -0.25) is 15.6 Å². The fraction of sp³-hybridized carbons (Fsp3) is 0.0625. The van der Waals surface area contributed by atoms with Gasteiger partial charge < -0.3 is 0 Å². The van der Waals surface area contributed by atoms with Crippen molar-refractivity contribution in [1.29, 1.82) is 0 Å². The molecule has 2 N–H and O–H groups in total. The van der Waals surface area contributed by atoms with E-state index in [4.69, 9.17) is 11.6 Å². The van der Waals surface area contributed by atoms with Gasteiger partial charge in [-0.2, -0.15) is 0 Å². The summed E-state index contributed by atoms with van der Waals surface area (Å²) in [6.45, 7) is 0. The summed E-state index contributed by atoms with van der Waals surface area (Å²) in [6, 6.07) is 15.1. The Morgan fingerprint density at radius 1 is 1.05 bits per heavy atom. The van der Waals surface area contributed by atoms with Gasteiger partial charge in [0.1, 0.15) is 0 Å². The van der Waals surface area contributed by atoms with E-state index in [1.165, 1.54) is 5.56 Å². The highest BCUT2D eigenvalue weighted by Crippen LogP contribution is 2.24. The van der Waals surface area contributed by atoms with Crippen LogP contribution in [-0.2, 0) is 6.42 Å². The molecule has 0 fully saturated rings. The van der Waals surface area contributed by atoms with Gasteiger partial charge in [0.25, 0.3) is 5.91 Å². The molecule has 100 valence electrons. The minimum absolute atomic E-state index is 0.249. The van der Waals surface area contributed by atoms with E-state index in [-0.39, 0.29) is 5.91 Å². The number of halogens is 1. The molecule has 20 heavy (non-hydrogen) atoms. The molecule has 0 spiro atoms. The highest BCUT2D eigenvalue weighted by molar-refractivity contribution is 6.33. The van der Waals surface area contributed by atoms with Gasteiger partial charge in [0.15, 0.2) is 0 Å². The number of rotatable bonds is 3. The fourth-order valence-corrected chi connectivity index (χ4v) is 2.46. The van der Waals surface area contributed by atoms with Gasteiger partial charge in [-0.25, -0.2) is 0 Å². The molecule has 2 aromatic carbocycles. The van der Waals surface area contributed by atoms with Crippen LogP contribution in [0.3, 0.4) is 0 Å². The maximum Gasteiger partial charge on any atom is 0.271 e. The van der Waals surface area contributed by atoms with Crippen LogP contribution in [0.25, 0.3) is 5.70 Å². The van der Waals surface area contributed by atoms with Crippen molar-refractivity contribution < 1.29 is 4.79 Å². The van der Waals surface area contributed by atoms with E-state index in [1.807, 2.05) is 18.2 Å². The predicted octanol–water partition coefficient (Wildman–Crippen LogP) is 3.17. The van der Waals surface area contributed by atoms with Crippen molar-refractivity contribution in [3.05, 3.63) is 76.3 Å². The topological polar surface area (TPSA) is 41.1 Å². The smallest absolute Gasteiger partial charge is 0.271 e. The lowest BCUT2D eigenvalue weighted by atomic mass is 10.1. The zero-order valence-corrected chi connectivity index (χ0v) is 11.4. The largest absolute Gasteiger partial charge is 0.298 e. The lowest BCUT2D eigenvalue weighted by Crippen LogP contribution is -2.36. The number of nitrogens with one attached hydrogen (secondary N) is 2. The highest BCUT2D eigenvalue weighted by atomic mass is 35.5. The first kappa shape index (κ1) is 12.8. The minimum Gasteiger partial charge on any atom is -0.298 e. The zero-order valence-electron chi connectivity index (χ0n) is 10.7. The highest BCUT2D eigenvalue weighted by Gasteiger charge is 2.14. The van der Waals surface area contributed by atoms with Crippen LogP contribution in [0, 0.1) is 0 Å². The van der Waals surface area contributed by atoms with Crippen LogP contribution >= 0.6 is 11.6 Å². The van der Waals surface area contributed by atoms with Crippen molar-refractivity contribution in [3.63, 3.8) is 0 Å². The number of fused-ring (bicyclic) bond motifs is 1. The van der Waals surface area contributed by atoms with Gasteiger partial charge >= 0.3 is 0 Å². The third kappa shape index (κ3) is 2.40. The summed E-state index contributed by atoms with van der Waals surface area (Å²) in [5.41, 5.74) is 9.39. The summed E-state index contributed by atoms with van der Waals surface area (Å²) in [5.74, 6) is -0.249. The second kappa shape index (κ2) is 5.39. The summed E-state index contributed by atoms with van der Waals surface area (Å²) in [6.07, 6.45) is 2.93.